The second-order valence-corrected chi connectivity index (χ2v) is 4.86. The molecular weight excluding hydrogens is 282 g/mol. The Labute approximate surface area is 109 Å². The van der Waals surface area contributed by atoms with Gasteiger partial charge in [-0.25, -0.2) is 0 Å². The van der Waals surface area contributed by atoms with Crippen molar-refractivity contribution in [3.63, 3.8) is 0 Å². The molecule has 1 aliphatic heterocycles. The molecule has 0 unspecified atom stereocenters. The lowest BCUT2D eigenvalue weighted by atomic mass is 10.3. The molecule has 0 bridgehead atoms. The highest BCUT2D eigenvalue weighted by molar-refractivity contribution is 9.10. The lowest BCUT2D eigenvalue weighted by molar-refractivity contribution is -0.124. The van der Waals surface area contributed by atoms with Gasteiger partial charge < -0.3 is 4.90 Å². The number of amidine groups is 1. The van der Waals surface area contributed by atoms with Crippen LogP contribution in [0.5, 0.6) is 0 Å². The number of benzene rings is 1. The van der Waals surface area contributed by atoms with Gasteiger partial charge in [-0.3, -0.25) is 9.80 Å². The SMILES string of the molecule is CC(=O)N(C)C1=NN(c2cccc(Br)c2)CC1. The number of halogens is 1. The minimum atomic E-state index is 0.0137. The third-order valence-corrected chi connectivity index (χ3v) is 3.24. The van der Waals surface area contributed by atoms with Gasteiger partial charge in [-0.1, -0.05) is 22.0 Å². The molecule has 0 saturated heterocycles. The average Bonchev–Trinajstić information content (AvgIpc) is 2.77. The molecule has 2 rings (SSSR count). The molecule has 90 valence electrons. The molecule has 0 aliphatic carbocycles. The van der Waals surface area contributed by atoms with E-state index in [1.165, 1.54) is 0 Å². The van der Waals surface area contributed by atoms with Gasteiger partial charge in [-0.05, 0) is 18.2 Å². The summed E-state index contributed by atoms with van der Waals surface area (Å²) >= 11 is 3.44. The molecular formula is C12H14BrN3O. The number of hydrogen-bond acceptors (Lipinski definition) is 3. The standard InChI is InChI=1S/C12H14BrN3O/c1-9(17)15(2)12-6-7-16(14-12)11-5-3-4-10(13)8-11/h3-5,8H,6-7H2,1-2H3. The van der Waals surface area contributed by atoms with Gasteiger partial charge in [0.05, 0.1) is 5.69 Å². The van der Waals surface area contributed by atoms with Crippen LogP contribution in [0.1, 0.15) is 13.3 Å². The minimum absolute atomic E-state index is 0.0137. The first-order chi connectivity index (χ1) is 8.08. The van der Waals surface area contributed by atoms with E-state index in [0.29, 0.717) is 0 Å². The summed E-state index contributed by atoms with van der Waals surface area (Å²) in [7, 11) is 1.76. The Hall–Kier alpha value is -1.36. The fourth-order valence-electron chi connectivity index (χ4n) is 1.69. The maximum Gasteiger partial charge on any atom is 0.224 e. The lowest BCUT2D eigenvalue weighted by Gasteiger charge is -2.14. The van der Waals surface area contributed by atoms with Crippen LogP contribution >= 0.6 is 15.9 Å². The largest absolute Gasteiger partial charge is 0.302 e. The third-order valence-electron chi connectivity index (χ3n) is 2.75. The van der Waals surface area contributed by atoms with E-state index >= 15 is 0 Å². The van der Waals surface area contributed by atoms with E-state index in [1.807, 2.05) is 29.3 Å². The van der Waals surface area contributed by atoms with Crippen molar-refractivity contribution < 1.29 is 4.79 Å². The Morgan fingerprint density at radius 3 is 2.94 bits per heavy atom. The summed E-state index contributed by atoms with van der Waals surface area (Å²) in [6.45, 7) is 2.35. The summed E-state index contributed by atoms with van der Waals surface area (Å²) in [5.74, 6) is 0.831. The van der Waals surface area contributed by atoms with E-state index in [9.17, 15) is 4.79 Å². The number of carbonyl (C=O) groups is 1. The highest BCUT2D eigenvalue weighted by Crippen LogP contribution is 2.23. The van der Waals surface area contributed by atoms with Gasteiger partial charge in [0, 0.05) is 31.4 Å². The number of amides is 1. The molecule has 0 aromatic heterocycles. The fraction of sp³-hybridized carbons (Fsp3) is 0.333. The minimum Gasteiger partial charge on any atom is -0.302 e. The van der Waals surface area contributed by atoms with E-state index in [1.54, 1.807) is 18.9 Å². The molecule has 0 spiro atoms. The summed E-state index contributed by atoms with van der Waals surface area (Å²) in [4.78, 5) is 12.8. The monoisotopic (exact) mass is 295 g/mol. The molecule has 0 atom stereocenters. The van der Waals surface area contributed by atoms with Crippen molar-refractivity contribution in [1.29, 1.82) is 0 Å². The van der Waals surface area contributed by atoms with Gasteiger partial charge in [-0.2, -0.15) is 5.10 Å². The molecule has 0 radical (unpaired) electrons. The molecule has 0 fully saturated rings. The number of hydrazone groups is 1. The van der Waals surface area contributed by atoms with Crippen molar-refractivity contribution in [2.75, 3.05) is 18.6 Å². The summed E-state index contributed by atoms with van der Waals surface area (Å²) in [5.41, 5.74) is 1.03. The predicted octanol–water partition coefficient (Wildman–Crippen LogP) is 2.45. The Morgan fingerprint density at radius 1 is 1.53 bits per heavy atom. The van der Waals surface area contributed by atoms with Gasteiger partial charge in [0.2, 0.25) is 5.91 Å². The number of hydrogen-bond donors (Lipinski definition) is 0. The Morgan fingerprint density at radius 2 is 2.29 bits per heavy atom. The summed E-state index contributed by atoms with van der Waals surface area (Å²) in [6.07, 6.45) is 0.794. The van der Waals surface area contributed by atoms with Gasteiger partial charge >= 0.3 is 0 Å². The normalized spacial score (nSPS) is 14.8. The Kier molecular flexibility index (Phi) is 3.47. The molecule has 1 aliphatic rings. The zero-order chi connectivity index (χ0) is 12.4. The molecule has 5 heteroatoms. The van der Waals surface area contributed by atoms with E-state index in [0.717, 1.165) is 29.0 Å². The van der Waals surface area contributed by atoms with E-state index < -0.39 is 0 Å². The first kappa shape index (κ1) is 12.1. The second kappa shape index (κ2) is 4.87. The smallest absolute Gasteiger partial charge is 0.224 e. The zero-order valence-corrected chi connectivity index (χ0v) is 11.4. The maximum absolute atomic E-state index is 11.2. The van der Waals surface area contributed by atoms with Crippen molar-refractivity contribution in [3.8, 4) is 0 Å². The molecule has 17 heavy (non-hydrogen) atoms. The summed E-state index contributed by atoms with van der Waals surface area (Å²) in [6, 6.07) is 7.97. The zero-order valence-electron chi connectivity index (χ0n) is 9.85. The molecule has 1 aromatic carbocycles. The van der Waals surface area contributed by atoms with Crippen LogP contribution in [0.3, 0.4) is 0 Å². The first-order valence-electron chi connectivity index (χ1n) is 5.43. The quantitative estimate of drug-likeness (QED) is 0.798. The number of nitrogens with zero attached hydrogens (tertiary/aromatic N) is 3. The van der Waals surface area contributed by atoms with Crippen LogP contribution in [0.15, 0.2) is 33.8 Å². The summed E-state index contributed by atoms with van der Waals surface area (Å²) < 4.78 is 1.03. The molecule has 1 heterocycles. The van der Waals surface area contributed by atoms with Crippen LogP contribution in [0.25, 0.3) is 0 Å². The van der Waals surface area contributed by atoms with Gasteiger partial charge in [-0.15, -0.1) is 0 Å². The Bertz CT molecular complexity index is 473. The van der Waals surface area contributed by atoms with Crippen molar-refractivity contribution in [1.82, 2.24) is 4.90 Å². The molecule has 0 N–H and O–H groups in total. The van der Waals surface area contributed by atoms with Crippen molar-refractivity contribution in [3.05, 3.63) is 28.7 Å². The highest BCUT2D eigenvalue weighted by atomic mass is 79.9. The molecule has 1 aromatic rings. The van der Waals surface area contributed by atoms with Crippen LogP contribution in [0, 0.1) is 0 Å². The van der Waals surface area contributed by atoms with E-state index in [2.05, 4.69) is 21.0 Å². The predicted molar refractivity (Wildman–Crippen MR) is 72.0 cm³/mol. The first-order valence-corrected chi connectivity index (χ1v) is 6.22. The van der Waals surface area contributed by atoms with E-state index in [-0.39, 0.29) is 5.91 Å². The molecule has 0 saturated carbocycles. The number of anilines is 1. The van der Waals surface area contributed by atoms with Gasteiger partial charge in [0.15, 0.2) is 0 Å². The van der Waals surface area contributed by atoms with Crippen molar-refractivity contribution >= 4 is 33.4 Å². The van der Waals surface area contributed by atoms with Gasteiger partial charge in [0.25, 0.3) is 0 Å². The maximum atomic E-state index is 11.2. The molecule has 4 nitrogen and oxygen atoms in total. The molecule has 1 amide bonds. The Balaban J connectivity index is 2.18. The van der Waals surface area contributed by atoms with Crippen LogP contribution in [-0.2, 0) is 4.79 Å². The van der Waals surface area contributed by atoms with Crippen LogP contribution in [0.4, 0.5) is 5.69 Å². The average molecular weight is 296 g/mol. The van der Waals surface area contributed by atoms with Crippen molar-refractivity contribution in [2.45, 2.75) is 13.3 Å². The second-order valence-electron chi connectivity index (χ2n) is 3.95. The fourth-order valence-corrected chi connectivity index (χ4v) is 2.07. The number of rotatable bonds is 1. The van der Waals surface area contributed by atoms with Crippen LogP contribution in [-0.4, -0.2) is 30.2 Å². The lowest BCUT2D eigenvalue weighted by Crippen LogP contribution is -2.29. The summed E-state index contributed by atoms with van der Waals surface area (Å²) in [5, 5.41) is 6.37. The highest BCUT2D eigenvalue weighted by Gasteiger charge is 2.20. The van der Waals surface area contributed by atoms with Crippen LogP contribution in [0.2, 0.25) is 0 Å². The topological polar surface area (TPSA) is 35.9 Å². The van der Waals surface area contributed by atoms with Gasteiger partial charge in [0.1, 0.15) is 5.84 Å². The van der Waals surface area contributed by atoms with Crippen molar-refractivity contribution in [2.24, 2.45) is 5.10 Å². The van der Waals surface area contributed by atoms with E-state index in [4.69, 9.17) is 0 Å². The van der Waals surface area contributed by atoms with Crippen LogP contribution < -0.4 is 5.01 Å². The third kappa shape index (κ3) is 2.66. The number of carbonyl (C=O) groups excluding carboxylic acids is 1.